The molecule has 0 spiro atoms. The minimum atomic E-state index is -3.50. The van der Waals surface area contributed by atoms with Gasteiger partial charge in [0.15, 0.2) is 5.58 Å². The average molecular weight is 428 g/mol. The number of benzene rings is 2. The summed E-state index contributed by atoms with van der Waals surface area (Å²) in [6.45, 7) is 8.40. The number of nitrogens with zero attached hydrogens (tertiary/aromatic N) is 2. The second-order valence-electron chi connectivity index (χ2n) is 9.02. The molecule has 0 unspecified atom stereocenters. The lowest BCUT2D eigenvalue weighted by atomic mass is 9.87. The van der Waals surface area contributed by atoms with Crippen LogP contribution in [0.25, 0.3) is 11.1 Å². The summed E-state index contributed by atoms with van der Waals surface area (Å²) in [5.41, 5.74) is 2.77. The maximum atomic E-state index is 12.7. The van der Waals surface area contributed by atoms with Crippen LogP contribution in [0.4, 0.5) is 6.01 Å². The molecule has 6 nitrogen and oxygen atoms in total. The zero-order valence-corrected chi connectivity index (χ0v) is 18.6. The van der Waals surface area contributed by atoms with E-state index in [0.29, 0.717) is 23.4 Å². The van der Waals surface area contributed by atoms with E-state index < -0.39 is 10.0 Å². The van der Waals surface area contributed by atoms with Crippen molar-refractivity contribution < 1.29 is 12.8 Å². The molecule has 1 saturated heterocycles. The molecule has 2 heterocycles. The number of fused-ring (bicyclic) bond motifs is 1. The SMILES string of the molecule is CC(C)(C)c1ccc(S(=O)(=O)NCC2CCN(c3nc4ccccc4o3)CC2)cc1. The van der Waals surface area contributed by atoms with Crippen LogP contribution in [0, 0.1) is 5.92 Å². The monoisotopic (exact) mass is 427 g/mol. The first-order valence-electron chi connectivity index (χ1n) is 10.4. The summed E-state index contributed by atoms with van der Waals surface area (Å²) < 4.78 is 34.0. The van der Waals surface area contributed by atoms with Crippen LogP contribution < -0.4 is 9.62 Å². The Kier molecular flexibility index (Phi) is 5.59. The number of sulfonamides is 1. The summed E-state index contributed by atoms with van der Waals surface area (Å²) in [6.07, 6.45) is 1.79. The molecule has 7 heteroatoms. The Morgan fingerprint density at radius 2 is 1.73 bits per heavy atom. The van der Waals surface area contributed by atoms with E-state index in [-0.39, 0.29) is 5.41 Å². The molecule has 0 amide bonds. The van der Waals surface area contributed by atoms with E-state index in [2.05, 4.69) is 35.4 Å². The van der Waals surface area contributed by atoms with Crippen LogP contribution in [-0.2, 0) is 15.4 Å². The third-order valence-corrected chi connectivity index (χ3v) is 7.20. The number of hydrogen-bond acceptors (Lipinski definition) is 5. The summed E-state index contributed by atoms with van der Waals surface area (Å²) in [7, 11) is -3.50. The average Bonchev–Trinajstić information content (AvgIpc) is 3.16. The van der Waals surface area contributed by atoms with Gasteiger partial charge in [0.2, 0.25) is 10.0 Å². The number of rotatable bonds is 5. The van der Waals surface area contributed by atoms with Gasteiger partial charge in [-0.05, 0) is 54.0 Å². The van der Waals surface area contributed by atoms with Crippen LogP contribution in [0.3, 0.4) is 0 Å². The molecule has 0 atom stereocenters. The molecule has 30 heavy (non-hydrogen) atoms. The zero-order chi connectivity index (χ0) is 21.4. The number of para-hydroxylation sites is 2. The van der Waals surface area contributed by atoms with Crippen LogP contribution in [0.15, 0.2) is 57.8 Å². The first kappa shape index (κ1) is 20.9. The second kappa shape index (κ2) is 8.04. The van der Waals surface area contributed by atoms with Crippen LogP contribution in [0.2, 0.25) is 0 Å². The smallest absolute Gasteiger partial charge is 0.298 e. The standard InChI is InChI=1S/C23H29N3O3S/c1-23(2,3)18-8-10-19(11-9-18)30(27,28)24-16-17-12-14-26(15-13-17)22-25-20-6-4-5-7-21(20)29-22/h4-11,17,24H,12-16H2,1-3H3. The van der Waals surface area contributed by atoms with Crippen molar-refractivity contribution in [2.75, 3.05) is 24.5 Å². The predicted molar refractivity (Wildman–Crippen MR) is 119 cm³/mol. The molecule has 3 aromatic rings. The van der Waals surface area contributed by atoms with E-state index in [1.165, 1.54) is 0 Å². The van der Waals surface area contributed by atoms with Crippen LogP contribution in [0.5, 0.6) is 0 Å². The highest BCUT2D eigenvalue weighted by Crippen LogP contribution is 2.27. The van der Waals surface area contributed by atoms with Gasteiger partial charge in [0, 0.05) is 19.6 Å². The van der Waals surface area contributed by atoms with Crippen molar-refractivity contribution in [1.29, 1.82) is 0 Å². The summed E-state index contributed by atoms with van der Waals surface area (Å²) >= 11 is 0. The van der Waals surface area contributed by atoms with E-state index in [0.717, 1.165) is 42.6 Å². The largest absolute Gasteiger partial charge is 0.423 e. The van der Waals surface area contributed by atoms with Gasteiger partial charge in [-0.15, -0.1) is 0 Å². The Labute approximate surface area is 178 Å². The Bertz CT molecular complexity index is 1070. The fraction of sp³-hybridized carbons (Fsp3) is 0.435. The predicted octanol–water partition coefficient (Wildman–Crippen LogP) is 4.32. The minimum absolute atomic E-state index is 0.00160. The van der Waals surface area contributed by atoms with E-state index in [4.69, 9.17) is 4.42 Å². The van der Waals surface area contributed by atoms with Crippen molar-refractivity contribution in [3.63, 3.8) is 0 Å². The van der Waals surface area contributed by atoms with Crippen molar-refractivity contribution in [2.45, 2.75) is 43.9 Å². The highest BCUT2D eigenvalue weighted by molar-refractivity contribution is 7.89. The first-order chi connectivity index (χ1) is 14.2. The summed E-state index contributed by atoms with van der Waals surface area (Å²) in [5.74, 6) is 0.300. The van der Waals surface area contributed by atoms with E-state index in [9.17, 15) is 8.42 Å². The molecular weight excluding hydrogens is 398 g/mol. The fourth-order valence-electron chi connectivity index (χ4n) is 3.77. The van der Waals surface area contributed by atoms with Crippen LogP contribution in [-0.4, -0.2) is 33.0 Å². The summed E-state index contributed by atoms with van der Waals surface area (Å²) in [4.78, 5) is 7.01. The van der Waals surface area contributed by atoms with Crippen molar-refractivity contribution in [3.8, 4) is 0 Å². The zero-order valence-electron chi connectivity index (χ0n) is 17.8. The Balaban J connectivity index is 1.32. The molecule has 1 aliphatic heterocycles. The Morgan fingerprint density at radius 1 is 1.07 bits per heavy atom. The molecule has 0 aliphatic carbocycles. The number of hydrogen-bond donors (Lipinski definition) is 1. The molecular formula is C23H29N3O3S. The molecule has 1 aliphatic rings. The molecule has 2 aromatic carbocycles. The van der Waals surface area contributed by atoms with E-state index in [1.807, 2.05) is 36.4 Å². The van der Waals surface area contributed by atoms with Gasteiger partial charge >= 0.3 is 0 Å². The quantitative estimate of drug-likeness (QED) is 0.656. The molecule has 0 saturated carbocycles. The van der Waals surface area contributed by atoms with Crippen LogP contribution in [0.1, 0.15) is 39.2 Å². The van der Waals surface area contributed by atoms with Crippen molar-refractivity contribution in [3.05, 3.63) is 54.1 Å². The number of oxazole rings is 1. The number of piperidine rings is 1. The summed E-state index contributed by atoms with van der Waals surface area (Å²) in [5, 5.41) is 0. The molecule has 1 aromatic heterocycles. The highest BCUT2D eigenvalue weighted by Gasteiger charge is 2.25. The Hall–Kier alpha value is -2.38. The van der Waals surface area contributed by atoms with Gasteiger partial charge in [0.25, 0.3) is 6.01 Å². The highest BCUT2D eigenvalue weighted by atomic mass is 32.2. The van der Waals surface area contributed by atoms with Gasteiger partial charge < -0.3 is 9.32 Å². The van der Waals surface area contributed by atoms with Crippen molar-refractivity contribution in [1.82, 2.24) is 9.71 Å². The minimum Gasteiger partial charge on any atom is -0.423 e. The first-order valence-corrected chi connectivity index (χ1v) is 11.9. The second-order valence-corrected chi connectivity index (χ2v) is 10.8. The molecule has 160 valence electrons. The van der Waals surface area contributed by atoms with E-state index >= 15 is 0 Å². The lowest BCUT2D eigenvalue weighted by Crippen LogP contribution is -2.38. The molecule has 4 rings (SSSR count). The van der Waals surface area contributed by atoms with Gasteiger partial charge in [0.1, 0.15) is 5.52 Å². The third kappa shape index (κ3) is 4.52. The molecule has 1 fully saturated rings. The number of anilines is 1. The number of aromatic nitrogens is 1. The molecule has 0 radical (unpaired) electrons. The topological polar surface area (TPSA) is 75.4 Å². The normalized spacial score (nSPS) is 16.3. The maximum Gasteiger partial charge on any atom is 0.298 e. The summed E-state index contributed by atoms with van der Waals surface area (Å²) in [6, 6.07) is 15.6. The third-order valence-electron chi connectivity index (χ3n) is 5.76. The van der Waals surface area contributed by atoms with Crippen molar-refractivity contribution in [2.24, 2.45) is 5.92 Å². The van der Waals surface area contributed by atoms with Gasteiger partial charge in [-0.2, -0.15) is 4.98 Å². The van der Waals surface area contributed by atoms with Gasteiger partial charge in [-0.1, -0.05) is 45.0 Å². The lowest BCUT2D eigenvalue weighted by Gasteiger charge is -2.30. The Morgan fingerprint density at radius 3 is 2.37 bits per heavy atom. The van der Waals surface area contributed by atoms with Gasteiger partial charge in [-0.3, -0.25) is 0 Å². The number of nitrogens with one attached hydrogen (secondary N) is 1. The van der Waals surface area contributed by atoms with Gasteiger partial charge in [0.05, 0.1) is 4.90 Å². The lowest BCUT2D eigenvalue weighted by molar-refractivity contribution is 0.387. The maximum absolute atomic E-state index is 12.7. The van der Waals surface area contributed by atoms with Gasteiger partial charge in [-0.25, -0.2) is 13.1 Å². The van der Waals surface area contributed by atoms with Crippen LogP contribution >= 0.6 is 0 Å². The van der Waals surface area contributed by atoms with E-state index in [1.54, 1.807) is 12.1 Å². The van der Waals surface area contributed by atoms with Crippen molar-refractivity contribution >= 4 is 27.1 Å². The fourth-order valence-corrected chi connectivity index (χ4v) is 4.88. The molecule has 1 N–H and O–H groups in total. The molecule has 0 bridgehead atoms.